The van der Waals surface area contributed by atoms with Crippen molar-refractivity contribution >= 4 is 5.97 Å². The van der Waals surface area contributed by atoms with Crippen molar-refractivity contribution in [3.63, 3.8) is 0 Å². The van der Waals surface area contributed by atoms with E-state index in [4.69, 9.17) is 0 Å². The van der Waals surface area contributed by atoms with Gasteiger partial charge in [-0.3, -0.25) is 4.79 Å². The number of carbonyl (C=O) groups is 1. The number of aliphatic hydroxyl groups is 1. The second kappa shape index (κ2) is 8.25. The van der Waals surface area contributed by atoms with Crippen LogP contribution in [0.4, 0.5) is 0 Å². The summed E-state index contributed by atoms with van der Waals surface area (Å²) in [6, 6.07) is 0. The first-order valence-electron chi connectivity index (χ1n) is 13.6. The molecule has 2 N–H and O–H groups in total. The van der Waals surface area contributed by atoms with Gasteiger partial charge < -0.3 is 10.2 Å². The van der Waals surface area contributed by atoms with Crippen molar-refractivity contribution < 1.29 is 15.0 Å². The number of aliphatic carboxylic acids is 1. The molecule has 0 heterocycles. The highest BCUT2D eigenvalue weighted by molar-refractivity contribution is 5.70. The average Bonchev–Trinajstić information content (AvgIpc) is 3.00. The molecule has 0 aliphatic heterocycles. The highest BCUT2D eigenvalue weighted by Crippen LogP contribution is 2.72. The standard InChI is InChI=1S/C30H48O3/c1-19(2)9-8-10-20(26(32)33)21-13-17-30(7)23-11-12-24-27(3,4)25(31)15-16-28(24,5)22(23)14-18-29(21,30)6/h9,20-21,24-25,31H,8,10-18H2,1-7H3,(H,32,33)/t20-,21-,24?,25+,28-,29+,30-/m1/s1. The van der Waals surface area contributed by atoms with Gasteiger partial charge in [-0.2, -0.15) is 0 Å². The molecular weight excluding hydrogens is 408 g/mol. The van der Waals surface area contributed by atoms with E-state index in [0.29, 0.717) is 5.92 Å². The summed E-state index contributed by atoms with van der Waals surface area (Å²) in [5, 5.41) is 21.0. The Bertz CT molecular complexity index is 862. The van der Waals surface area contributed by atoms with E-state index in [0.717, 1.165) is 57.8 Å². The van der Waals surface area contributed by atoms with E-state index in [1.165, 1.54) is 12.0 Å². The Labute approximate surface area is 202 Å². The van der Waals surface area contributed by atoms with Crippen molar-refractivity contribution in [1.82, 2.24) is 0 Å². The van der Waals surface area contributed by atoms with E-state index in [-0.39, 0.29) is 39.6 Å². The molecule has 33 heavy (non-hydrogen) atoms. The van der Waals surface area contributed by atoms with Crippen LogP contribution < -0.4 is 0 Å². The molecule has 3 heteroatoms. The first-order chi connectivity index (χ1) is 15.3. The molecule has 0 spiro atoms. The third-order valence-corrected chi connectivity index (χ3v) is 11.6. The molecule has 2 fully saturated rings. The average molecular weight is 457 g/mol. The lowest BCUT2D eigenvalue weighted by Crippen LogP contribution is -2.55. The van der Waals surface area contributed by atoms with Gasteiger partial charge in [0, 0.05) is 0 Å². The fraction of sp³-hybridized carbons (Fsp3) is 0.833. The van der Waals surface area contributed by atoms with Gasteiger partial charge in [0.1, 0.15) is 0 Å². The number of aliphatic hydroxyl groups excluding tert-OH is 1. The van der Waals surface area contributed by atoms with Crippen LogP contribution >= 0.6 is 0 Å². The van der Waals surface area contributed by atoms with Crippen LogP contribution in [0.15, 0.2) is 22.8 Å². The molecule has 0 aromatic rings. The molecule has 0 bridgehead atoms. The summed E-state index contributed by atoms with van der Waals surface area (Å²) in [5.41, 5.74) is 5.00. The van der Waals surface area contributed by atoms with Crippen LogP contribution in [0, 0.1) is 39.4 Å². The highest BCUT2D eigenvalue weighted by atomic mass is 16.4. The summed E-state index contributed by atoms with van der Waals surface area (Å²) in [7, 11) is 0. The maximum atomic E-state index is 12.5. The van der Waals surface area contributed by atoms with E-state index in [2.05, 4.69) is 54.5 Å². The zero-order valence-corrected chi connectivity index (χ0v) is 22.3. The van der Waals surface area contributed by atoms with Crippen molar-refractivity contribution in [3.8, 4) is 0 Å². The lowest BCUT2D eigenvalue weighted by Gasteiger charge is -2.62. The van der Waals surface area contributed by atoms with E-state index in [9.17, 15) is 15.0 Å². The number of hydrogen-bond donors (Lipinski definition) is 2. The topological polar surface area (TPSA) is 57.5 Å². The Morgan fingerprint density at radius 2 is 1.70 bits per heavy atom. The first kappa shape index (κ1) is 25.0. The summed E-state index contributed by atoms with van der Waals surface area (Å²) in [4.78, 5) is 12.5. The summed E-state index contributed by atoms with van der Waals surface area (Å²) >= 11 is 0. The lowest BCUT2D eigenvalue weighted by molar-refractivity contribution is -0.146. The van der Waals surface area contributed by atoms with Crippen molar-refractivity contribution in [2.75, 3.05) is 0 Å². The molecule has 4 aliphatic carbocycles. The smallest absolute Gasteiger partial charge is 0.306 e. The number of carboxylic acid groups (broad SMARTS) is 1. The Kier molecular flexibility index (Phi) is 6.25. The Morgan fingerprint density at radius 1 is 1.00 bits per heavy atom. The van der Waals surface area contributed by atoms with Gasteiger partial charge in [-0.15, -0.1) is 0 Å². The van der Waals surface area contributed by atoms with Gasteiger partial charge in [0.05, 0.1) is 12.0 Å². The van der Waals surface area contributed by atoms with Crippen LogP contribution in [-0.4, -0.2) is 22.3 Å². The molecule has 4 aliphatic rings. The molecule has 7 atom stereocenters. The third-order valence-electron chi connectivity index (χ3n) is 11.6. The van der Waals surface area contributed by atoms with Crippen LogP contribution in [0.1, 0.15) is 113 Å². The molecule has 2 saturated carbocycles. The van der Waals surface area contributed by atoms with Crippen LogP contribution in [-0.2, 0) is 4.79 Å². The van der Waals surface area contributed by atoms with Gasteiger partial charge in [0.2, 0.25) is 0 Å². The van der Waals surface area contributed by atoms with Gasteiger partial charge in [-0.05, 0) is 112 Å². The minimum absolute atomic E-state index is 0.0370. The van der Waals surface area contributed by atoms with Crippen molar-refractivity contribution in [1.29, 1.82) is 0 Å². The largest absolute Gasteiger partial charge is 0.481 e. The number of fused-ring (bicyclic) bond motifs is 4. The van der Waals surface area contributed by atoms with Gasteiger partial charge in [-0.25, -0.2) is 0 Å². The van der Waals surface area contributed by atoms with Gasteiger partial charge in [0.15, 0.2) is 0 Å². The van der Waals surface area contributed by atoms with Crippen LogP contribution in [0.3, 0.4) is 0 Å². The van der Waals surface area contributed by atoms with E-state index < -0.39 is 5.97 Å². The van der Waals surface area contributed by atoms with Crippen LogP contribution in [0.2, 0.25) is 0 Å². The van der Waals surface area contributed by atoms with Crippen molar-refractivity contribution in [2.24, 2.45) is 39.4 Å². The molecule has 0 aromatic carbocycles. The molecular formula is C30H48O3. The summed E-state index contributed by atoms with van der Waals surface area (Å²) in [5.74, 6) is -0.0420. The molecule has 186 valence electrons. The second-order valence-corrected chi connectivity index (χ2v) is 13.5. The predicted molar refractivity (Wildman–Crippen MR) is 135 cm³/mol. The SMILES string of the molecule is CC(C)=CCC[C@@H](C(=O)O)[C@H]1CC[C@]2(C)C3=C(CC[C@@]12C)[C@@]1(C)CC[C@H](O)C(C)(C)C1CC3. The zero-order chi connectivity index (χ0) is 24.4. The molecule has 0 amide bonds. The fourth-order valence-corrected chi connectivity index (χ4v) is 9.41. The molecule has 0 radical (unpaired) electrons. The summed E-state index contributed by atoms with van der Waals surface area (Å²) < 4.78 is 0. The number of allylic oxidation sites excluding steroid dienone is 4. The Hall–Kier alpha value is -1.09. The molecule has 0 saturated heterocycles. The summed E-state index contributed by atoms with van der Waals surface area (Å²) in [6.07, 6.45) is 12.3. The molecule has 1 unspecified atom stereocenters. The first-order valence-corrected chi connectivity index (χ1v) is 13.6. The van der Waals surface area contributed by atoms with E-state index >= 15 is 0 Å². The monoisotopic (exact) mass is 456 g/mol. The Balaban J connectivity index is 1.69. The fourth-order valence-electron chi connectivity index (χ4n) is 9.41. The number of rotatable bonds is 5. The van der Waals surface area contributed by atoms with Crippen LogP contribution in [0.5, 0.6) is 0 Å². The normalized spacial score (nSPS) is 42.7. The van der Waals surface area contributed by atoms with Gasteiger partial charge in [-0.1, -0.05) is 57.4 Å². The minimum Gasteiger partial charge on any atom is -0.481 e. The molecule has 0 aromatic heterocycles. The summed E-state index contributed by atoms with van der Waals surface area (Å²) in [6.45, 7) is 16.2. The molecule has 3 nitrogen and oxygen atoms in total. The van der Waals surface area contributed by atoms with E-state index in [1.807, 2.05) is 0 Å². The second-order valence-electron chi connectivity index (χ2n) is 13.5. The van der Waals surface area contributed by atoms with Crippen LogP contribution in [0.25, 0.3) is 0 Å². The van der Waals surface area contributed by atoms with Gasteiger partial charge in [0.25, 0.3) is 0 Å². The number of carboxylic acids is 1. The van der Waals surface area contributed by atoms with Crippen molar-refractivity contribution in [2.45, 2.75) is 119 Å². The van der Waals surface area contributed by atoms with Crippen molar-refractivity contribution in [3.05, 3.63) is 22.8 Å². The zero-order valence-electron chi connectivity index (χ0n) is 22.3. The maximum absolute atomic E-state index is 12.5. The quantitative estimate of drug-likeness (QED) is 0.420. The van der Waals surface area contributed by atoms with E-state index in [1.54, 1.807) is 11.1 Å². The molecule has 4 rings (SSSR count). The van der Waals surface area contributed by atoms with Gasteiger partial charge >= 0.3 is 5.97 Å². The maximum Gasteiger partial charge on any atom is 0.306 e. The predicted octanol–water partition coefficient (Wildman–Crippen LogP) is 7.54. The third kappa shape index (κ3) is 3.58. The number of hydrogen-bond acceptors (Lipinski definition) is 2. The lowest BCUT2D eigenvalue weighted by atomic mass is 9.43. The Morgan fingerprint density at radius 3 is 2.33 bits per heavy atom. The minimum atomic E-state index is -0.592. The highest BCUT2D eigenvalue weighted by Gasteiger charge is 2.64.